The van der Waals surface area contributed by atoms with Crippen molar-refractivity contribution in [1.29, 1.82) is 5.26 Å². The zero-order valence-electron chi connectivity index (χ0n) is 24.2. The summed E-state index contributed by atoms with van der Waals surface area (Å²) in [5.74, 6) is 1.81. The van der Waals surface area contributed by atoms with Gasteiger partial charge in [-0.3, -0.25) is 0 Å². The molecule has 3 heterocycles. The van der Waals surface area contributed by atoms with Crippen LogP contribution in [0.3, 0.4) is 0 Å². The molecule has 0 radical (unpaired) electrons. The van der Waals surface area contributed by atoms with E-state index in [1.807, 2.05) is 29.8 Å². The predicted octanol–water partition coefficient (Wildman–Crippen LogP) is 6.62. The Labute approximate surface area is 228 Å². The van der Waals surface area contributed by atoms with Crippen LogP contribution in [0.1, 0.15) is 58.4 Å². The molecule has 2 aromatic heterocycles. The first-order valence-corrected chi connectivity index (χ1v) is 16.2. The molecule has 0 aliphatic carbocycles. The molecule has 4 rings (SSSR count). The van der Waals surface area contributed by atoms with E-state index in [4.69, 9.17) is 9.41 Å². The number of anilines is 3. The van der Waals surface area contributed by atoms with Crippen molar-refractivity contribution in [3.05, 3.63) is 47.3 Å². The second kappa shape index (κ2) is 10.2. The monoisotopic (exact) mass is 531 g/mol. The van der Waals surface area contributed by atoms with Crippen molar-refractivity contribution in [2.75, 3.05) is 23.8 Å². The number of aromatic nitrogens is 4. The van der Waals surface area contributed by atoms with Gasteiger partial charge in [-0.1, -0.05) is 41.5 Å². The molecule has 0 bridgehead atoms. The van der Waals surface area contributed by atoms with Gasteiger partial charge in [0.2, 0.25) is 5.95 Å². The van der Waals surface area contributed by atoms with E-state index in [-0.39, 0.29) is 10.5 Å². The zero-order valence-corrected chi connectivity index (χ0v) is 25.2. The molecule has 38 heavy (non-hydrogen) atoms. The number of hydrogen-bond acceptors (Lipinski definition) is 7. The third kappa shape index (κ3) is 5.61. The molecule has 1 aliphatic rings. The fraction of sp³-hybridized carbons (Fsp3) is 0.517. The van der Waals surface area contributed by atoms with E-state index in [2.05, 4.69) is 87.5 Å². The van der Waals surface area contributed by atoms with Crippen LogP contribution in [0.15, 0.2) is 30.5 Å². The van der Waals surface area contributed by atoms with Crippen molar-refractivity contribution >= 4 is 25.8 Å². The smallest absolute Gasteiger partial charge is 0.228 e. The Morgan fingerprint density at radius 3 is 2.66 bits per heavy atom. The largest absolute Gasteiger partial charge is 0.416 e. The van der Waals surface area contributed by atoms with Crippen LogP contribution >= 0.6 is 0 Å². The van der Waals surface area contributed by atoms with Crippen LogP contribution in [0.4, 0.5) is 17.5 Å². The Hall–Kier alpha value is -3.22. The van der Waals surface area contributed by atoms with Crippen LogP contribution in [0.2, 0.25) is 18.1 Å². The van der Waals surface area contributed by atoms with E-state index >= 15 is 0 Å². The van der Waals surface area contributed by atoms with Gasteiger partial charge < -0.3 is 15.1 Å². The number of nitrogens with one attached hydrogen (secondary N) is 2. The first-order valence-electron chi connectivity index (χ1n) is 13.3. The van der Waals surface area contributed by atoms with Gasteiger partial charge in [0.15, 0.2) is 8.32 Å². The van der Waals surface area contributed by atoms with Crippen LogP contribution in [0, 0.1) is 24.2 Å². The van der Waals surface area contributed by atoms with Gasteiger partial charge in [-0.15, -0.1) is 0 Å². The van der Waals surface area contributed by atoms with E-state index in [9.17, 15) is 5.26 Å². The SMILES string of the molecule is Cc1cc(Nc2nccc(-c3cc(C#N)c4c(c3)C(C)(CO[Si](C)(C)C(C)(C)C)CN4)n2)n(CC(C)C)n1. The van der Waals surface area contributed by atoms with Gasteiger partial charge in [0, 0.05) is 42.9 Å². The number of hydrogen-bond donors (Lipinski definition) is 2. The molecule has 8 nitrogen and oxygen atoms in total. The summed E-state index contributed by atoms with van der Waals surface area (Å²) in [5, 5.41) is 21.6. The molecule has 0 spiro atoms. The third-order valence-electron chi connectivity index (χ3n) is 7.75. The summed E-state index contributed by atoms with van der Waals surface area (Å²) in [4.78, 5) is 9.27. The molecule has 9 heteroatoms. The van der Waals surface area contributed by atoms with Crippen LogP contribution in [0.25, 0.3) is 11.3 Å². The molecule has 0 fully saturated rings. The summed E-state index contributed by atoms with van der Waals surface area (Å²) in [7, 11) is -1.93. The third-order valence-corrected chi connectivity index (χ3v) is 12.2. The van der Waals surface area contributed by atoms with Gasteiger partial charge >= 0.3 is 0 Å². The lowest BCUT2D eigenvalue weighted by molar-refractivity contribution is 0.220. The normalized spacial score (nSPS) is 17.3. The Morgan fingerprint density at radius 1 is 1.26 bits per heavy atom. The van der Waals surface area contributed by atoms with Crippen molar-refractivity contribution in [3.8, 4) is 17.3 Å². The predicted molar refractivity (Wildman–Crippen MR) is 156 cm³/mol. The molecule has 0 saturated heterocycles. The number of fused-ring (bicyclic) bond motifs is 1. The highest BCUT2D eigenvalue weighted by Gasteiger charge is 2.42. The van der Waals surface area contributed by atoms with Crippen LogP contribution in [-0.2, 0) is 16.4 Å². The quantitative estimate of drug-likeness (QED) is 0.315. The molecule has 1 atom stereocenters. The summed E-state index contributed by atoms with van der Waals surface area (Å²) in [6, 6.07) is 10.3. The molecule has 3 aromatic rings. The van der Waals surface area contributed by atoms with E-state index < -0.39 is 8.32 Å². The second-order valence-electron chi connectivity index (χ2n) is 12.7. The maximum Gasteiger partial charge on any atom is 0.228 e. The molecule has 1 unspecified atom stereocenters. The maximum atomic E-state index is 9.99. The number of nitriles is 1. The first-order chi connectivity index (χ1) is 17.7. The molecule has 1 aromatic carbocycles. The minimum absolute atomic E-state index is 0.130. The lowest BCUT2D eigenvalue weighted by atomic mass is 9.83. The lowest BCUT2D eigenvalue weighted by Crippen LogP contribution is -2.45. The number of rotatable bonds is 8. The Kier molecular flexibility index (Phi) is 7.43. The maximum absolute atomic E-state index is 9.99. The Balaban J connectivity index is 1.66. The van der Waals surface area contributed by atoms with Gasteiger partial charge in [-0.05, 0) is 54.7 Å². The fourth-order valence-electron chi connectivity index (χ4n) is 4.43. The molecular weight excluding hydrogens is 490 g/mol. The van der Waals surface area contributed by atoms with Gasteiger partial charge in [0.05, 0.1) is 22.6 Å². The highest BCUT2D eigenvalue weighted by Crippen LogP contribution is 2.44. The van der Waals surface area contributed by atoms with Gasteiger partial charge in [-0.2, -0.15) is 10.4 Å². The molecule has 2 N–H and O–H groups in total. The minimum Gasteiger partial charge on any atom is -0.416 e. The topological polar surface area (TPSA) is 101 Å². The summed E-state index contributed by atoms with van der Waals surface area (Å²) in [6.45, 7) is 22.0. The Bertz CT molecular complexity index is 1370. The minimum atomic E-state index is -1.93. The van der Waals surface area contributed by atoms with Crippen molar-refractivity contribution in [2.24, 2.45) is 5.92 Å². The van der Waals surface area contributed by atoms with E-state index in [0.29, 0.717) is 24.0 Å². The first kappa shape index (κ1) is 27.8. The van der Waals surface area contributed by atoms with Crippen LogP contribution in [0.5, 0.6) is 0 Å². The van der Waals surface area contributed by atoms with E-state index in [1.165, 1.54) is 0 Å². The number of aryl methyl sites for hydroxylation is 1. The highest BCUT2D eigenvalue weighted by molar-refractivity contribution is 6.74. The number of nitrogens with zero attached hydrogens (tertiary/aromatic N) is 5. The van der Waals surface area contributed by atoms with Gasteiger partial charge in [0.1, 0.15) is 11.9 Å². The molecule has 1 aliphatic heterocycles. The molecule has 0 saturated carbocycles. The van der Waals surface area contributed by atoms with Crippen LogP contribution < -0.4 is 10.6 Å². The number of benzene rings is 1. The highest BCUT2D eigenvalue weighted by atomic mass is 28.4. The van der Waals surface area contributed by atoms with E-state index in [1.54, 1.807) is 6.20 Å². The zero-order chi connectivity index (χ0) is 27.9. The Morgan fingerprint density at radius 2 is 2.00 bits per heavy atom. The summed E-state index contributed by atoms with van der Waals surface area (Å²) in [5.41, 5.74) is 4.96. The van der Waals surface area contributed by atoms with Crippen molar-refractivity contribution < 1.29 is 4.43 Å². The lowest BCUT2D eigenvalue weighted by Gasteiger charge is -2.39. The molecule has 202 valence electrons. The summed E-state index contributed by atoms with van der Waals surface area (Å²) < 4.78 is 8.61. The van der Waals surface area contributed by atoms with Crippen molar-refractivity contribution in [3.63, 3.8) is 0 Å². The standard InChI is InChI=1S/C29H41N7OSi/c1-19(2)16-36-25(12-20(3)35-36)34-27-31-11-10-24(33-27)21-13-22(15-30)26-23(14-21)29(7,17-32-26)18-37-38(8,9)28(4,5)6/h10-14,19,32H,16-18H2,1-9H3,(H,31,33,34). The summed E-state index contributed by atoms with van der Waals surface area (Å²) >= 11 is 0. The molecular formula is C29H41N7OSi. The van der Waals surface area contributed by atoms with Crippen LogP contribution in [-0.4, -0.2) is 41.2 Å². The average molecular weight is 532 g/mol. The van der Waals surface area contributed by atoms with Crippen molar-refractivity contribution in [1.82, 2.24) is 19.7 Å². The second-order valence-corrected chi connectivity index (χ2v) is 17.5. The van der Waals surface area contributed by atoms with Crippen molar-refractivity contribution in [2.45, 2.75) is 78.6 Å². The molecule has 0 amide bonds. The van der Waals surface area contributed by atoms with Gasteiger partial charge in [0.25, 0.3) is 0 Å². The summed E-state index contributed by atoms with van der Waals surface area (Å²) in [6.07, 6.45) is 1.75. The average Bonchev–Trinajstić information content (AvgIpc) is 3.35. The van der Waals surface area contributed by atoms with Gasteiger partial charge in [-0.25, -0.2) is 14.6 Å². The fourth-order valence-corrected chi connectivity index (χ4v) is 5.55. The van der Waals surface area contributed by atoms with E-state index in [0.717, 1.165) is 47.1 Å².